The van der Waals surface area contributed by atoms with Crippen LogP contribution in [0, 0.1) is 5.92 Å². The number of hydrogen-bond acceptors (Lipinski definition) is 2. The van der Waals surface area contributed by atoms with Crippen LogP contribution in [0.4, 0.5) is 0 Å². The van der Waals surface area contributed by atoms with E-state index < -0.39 is 0 Å². The lowest BCUT2D eigenvalue weighted by Gasteiger charge is -2.13. The lowest BCUT2D eigenvalue weighted by atomic mass is 10.1. The molecule has 1 atom stereocenters. The fourth-order valence-electron chi connectivity index (χ4n) is 1.58. The van der Waals surface area contributed by atoms with Crippen LogP contribution in [0.2, 0.25) is 5.02 Å². The number of benzene rings is 1. The summed E-state index contributed by atoms with van der Waals surface area (Å²) in [6, 6.07) is 4.25. The van der Waals surface area contributed by atoms with Crippen molar-refractivity contribution in [3.8, 4) is 5.75 Å². The second-order valence-corrected chi connectivity index (χ2v) is 5.63. The SMILES string of the molecule is CC(C)CC(Cl)CNC(=O)c1cc(O)ccc1Cl. The highest BCUT2D eigenvalue weighted by molar-refractivity contribution is 6.33. The molecule has 0 radical (unpaired) electrons. The van der Waals surface area contributed by atoms with Crippen LogP contribution >= 0.6 is 23.2 Å². The van der Waals surface area contributed by atoms with E-state index in [1.807, 2.05) is 0 Å². The first kappa shape index (κ1) is 15.1. The van der Waals surface area contributed by atoms with E-state index in [0.29, 0.717) is 17.5 Å². The normalized spacial score (nSPS) is 12.5. The summed E-state index contributed by atoms with van der Waals surface area (Å²) in [5.41, 5.74) is 0.255. The maximum atomic E-state index is 11.8. The van der Waals surface area contributed by atoms with Crippen LogP contribution in [0.25, 0.3) is 0 Å². The molecule has 0 bridgehead atoms. The van der Waals surface area contributed by atoms with Crippen LogP contribution in [-0.2, 0) is 0 Å². The first-order valence-electron chi connectivity index (χ1n) is 5.81. The standard InChI is InChI=1S/C13H17Cl2NO2/c1-8(2)5-9(14)7-16-13(18)11-6-10(17)3-4-12(11)15/h3-4,6,8-9,17H,5,7H2,1-2H3,(H,16,18). The van der Waals surface area contributed by atoms with Gasteiger partial charge in [0.2, 0.25) is 0 Å². The Bertz CT molecular complexity index is 421. The smallest absolute Gasteiger partial charge is 0.252 e. The Hall–Kier alpha value is -0.930. The van der Waals surface area contributed by atoms with Gasteiger partial charge in [-0.25, -0.2) is 0 Å². The van der Waals surface area contributed by atoms with Crippen molar-refractivity contribution in [2.45, 2.75) is 25.6 Å². The summed E-state index contributed by atoms with van der Waals surface area (Å²) in [5, 5.41) is 12.2. The molecule has 1 amide bonds. The zero-order valence-corrected chi connectivity index (χ0v) is 11.9. The highest BCUT2D eigenvalue weighted by Gasteiger charge is 2.13. The number of alkyl halides is 1. The van der Waals surface area contributed by atoms with E-state index >= 15 is 0 Å². The van der Waals surface area contributed by atoms with E-state index in [1.54, 1.807) is 0 Å². The number of rotatable bonds is 5. The lowest BCUT2D eigenvalue weighted by molar-refractivity contribution is 0.0952. The predicted octanol–water partition coefficient (Wildman–Crippen LogP) is 3.43. The number of nitrogens with one attached hydrogen (secondary N) is 1. The van der Waals surface area contributed by atoms with Crippen LogP contribution in [0.15, 0.2) is 18.2 Å². The minimum absolute atomic E-state index is 0.00848. The molecule has 1 rings (SSSR count). The van der Waals surface area contributed by atoms with Crippen molar-refractivity contribution < 1.29 is 9.90 Å². The number of carbonyl (C=O) groups is 1. The molecule has 1 aromatic rings. The van der Waals surface area contributed by atoms with Crippen molar-refractivity contribution in [3.05, 3.63) is 28.8 Å². The molecule has 0 aromatic heterocycles. The van der Waals surface area contributed by atoms with Gasteiger partial charge in [0.05, 0.1) is 16.0 Å². The number of aromatic hydroxyl groups is 1. The summed E-state index contributed by atoms with van der Waals surface area (Å²) < 4.78 is 0. The quantitative estimate of drug-likeness (QED) is 0.816. The van der Waals surface area contributed by atoms with Gasteiger partial charge in [-0.2, -0.15) is 0 Å². The van der Waals surface area contributed by atoms with Crippen LogP contribution in [-0.4, -0.2) is 22.9 Å². The first-order valence-corrected chi connectivity index (χ1v) is 6.62. The van der Waals surface area contributed by atoms with E-state index in [2.05, 4.69) is 19.2 Å². The van der Waals surface area contributed by atoms with E-state index in [1.165, 1.54) is 18.2 Å². The third kappa shape index (κ3) is 4.75. The van der Waals surface area contributed by atoms with Crippen molar-refractivity contribution in [1.29, 1.82) is 0 Å². The summed E-state index contributed by atoms with van der Waals surface area (Å²) >= 11 is 12.0. The fraction of sp³-hybridized carbons (Fsp3) is 0.462. The minimum Gasteiger partial charge on any atom is -0.508 e. The van der Waals surface area contributed by atoms with Gasteiger partial charge in [-0.3, -0.25) is 4.79 Å². The van der Waals surface area contributed by atoms with Gasteiger partial charge in [0.15, 0.2) is 0 Å². The summed E-state index contributed by atoms with van der Waals surface area (Å²) in [6.45, 7) is 4.52. The number of phenols is 1. The third-order valence-corrected chi connectivity index (χ3v) is 3.07. The third-order valence-electron chi connectivity index (χ3n) is 2.41. The zero-order chi connectivity index (χ0) is 13.7. The molecule has 0 spiro atoms. The number of hydrogen-bond donors (Lipinski definition) is 2. The first-order chi connectivity index (χ1) is 8.40. The Kier molecular flexibility index (Phi) is 5.76. The van der Waals surface area contributed by atoms with Gasteiger partial charge >= 0.3 is 0 Å². The summed E-state index contributed by atoms with van der Waals surface area (Å²) in [6.07, 6.45) is 0.829. The molecule has 1 aromatic carbocycles. The van der Waals surface area contributed by atoms with Crippen molar-refractivity contribution in [1.82, 2.24) is 5.32 Å². The molecule has 0 aliphatic carbocycles. The van der Waals surface area contributed by atoms with Gasteiger partial charge in [-0.1, -0.05) is 25.4 Å². The van der Waals surface area contributed by atoms with Gasteiger partial charge < -0.3 is 10.4 Å². The van der Waals surface area contributed by atoms with Crippen LogP contribution < -0.4 is 5.32 Å². The number of amides is 1. The topological polar surface area (TPSA) is 49.3 Å². The summed E-state index contributed by atoms with van der Waals surface area (Å²) in [7, 11) is 0. The predicted molar refractivity (Wildman–Crippen MR) is 74.5 cm³/mol. The van der Waals surface area contributed by atoms with E-state index in [0.717, 1.165) is 6.42 Å². The minimum atomic E-state index is -0.328. The molecule has 0 fully saturated rings. The molecule has 0 saturated carbocycles. The van der Waals surface area contributed by atoms with E-state index in [4.69, 9.17) is 23.2 Å². The van der Waals surface area contributed by atoms with Crippen molar-refractivity contribution in [2.75, 3.05) is 6.54 Å². The Labute approximate surface area is 117 Å². The van der Waals surface area contributed by atoms with Gasteiger partial charge in [-0.05, 0) is 30.5 Å². The largest absolute Gasteiger partial charge is 0.508 e. The van der Waals surface area contributed by atoms with Crippen molar-refractivity contribution >= 4 is 29.1 Å². The second kappa shape index (κ2) is 6.86. The highest BCUT2D eigenvalue weighted by atomic mass is 35.5. The molecule has 0 aliphatic rings. The lowest BCUT2D eigenvalue weighted by Crippen LogP contribution is -2.30. The molecule has 0 heterocycles. The van der Waals surface area contributed by atoms with Gasteiger partial charge in [0, 0.05) is 6.54 Å². The molecular formula is C13H17Cl2NO2. The number of phenolic OH excluding ortho intramolecular Hbond substituents is 1. The monoisotopic (exact) mass is 289 g/mol. The molecule has 5 heteroatoms. The van der Waals surface area contributed by atoms with Crippen LogP contribution in [0.3, 0.4) is 0 Å². The van der Waals surface area contributed by atoms with E-state index in [9.17, 15) is 9.90 Å². The molecule has 18 heavy (non-hydrogen) atoms. The van der Waals surface area contributed by atoms with Crippen molar-refractivity contribution in [2.24, 2.45) is 5.92 Å². The molecule has 0 saturated heterocycles. The molecule has 2 N–H and O–H groups in total. The molecule has 0 aliphatic heterocycles. The van der Waals surface area contributed by atoms with Gasteiger partial charge in [0.25, 0.3) is 5.91 Å². The highest BCUT2D eigenvalue weighted by Crippen LogP contribution is 2.21. The summed E-state index contributed by atoms with van der Waals surface area (Å²) in [4.78, 5) is 11.8. The van der Waals surface area contributed by atoms with Crippen LogP contribution in [0.1, 0.15) is 30.6 Å². The molecule has 1 unspecified atom stereocenters. The Morgan fingerprint density at radius 1 is 1.44 bits per heavy atom. The van der Waals surface area contributed by atoms with Gasteiger partial charge in [-0.15, -0.1) is 11.6 Å². The Morgan fingerprint density at radius 2 is 2.11 bits per heavy atom. The maximum absolute atomic E-state index is 11.8. The zero-order valence-electron chi connectivity index (χ0n) is 10.4. The second-order valence-electron chi connectivity index (χ2n) is 4.60. The van der Waals surface area contributed by atoms with Crippen molar-refractivity contribution in [3.63, 3.8) is 0 Å². The fourth-order valence-corrected chi connectivity index (χ4v) is 2.22. The number of halogens is 2. The Morgan fingerprint density at radius 3 is 2.72 bits per heavy atom. The molecule has 3 nitrogen and oxygen atoms in total. The number of carbonyl (C=O) groups excluding carboxylic acids is 1. The average molecular weight is 290 g/mol. The Balaban J connectivity index is 2.58. The summed E-state index contributed by atoms with van der Waals surface area (Å²) in [5.74, 6) is 0.160. The van der Waals surface area contributed by atoms with Gasteiger partial charge in [0.1, 0.15) is 5.75 Å². The maximum Gasteiger partial charge on any atom is 0.252 e. The van der Waals surface area contributed by atoms with Crippen LogP contribution in [0.5, 0.6) is 5.75 Å². The average Bonchev–Trinajstić information content (AvgIpc) is 2.28. The molecule has 100 valence electrons. The molecular weight excluding hydrogens is 273 g/mol. The van der Waals surface area contributed by atoms with E-state index in [-0.39, 0.29) is 22.6 Å².